The van der Waals surface area contributed by atoms with E-state index in [1.165, 1.54) is 16.7 Å². The molecule has 0 bridgehead atoms. The van der Waals surface area contributed by atoms with E-state index in [4.69, 9.17) is 5.11 Å². The van der Waals surface area contributed by atoms with Crippen molar-refractivity contribution in [3.8, 4) is 0 Å². The molecule has 2 aromatic rings. The summed E-state index contributed by atoms with van der Waals surface area (Å²) in [6, 6.07) is 8.01. The molecule has 0 saturated heterocycles. The quantitative estimate of drug-likeness (QED) is 0.907. The molecule has 0 amide bonds. The summed E-state index contributed by atoms with van der Waals surface area (Å²) in [4.78, 5) is 27.0. The van der Waals surface area contributed by atoms with Gasteiger partial charge in [0.1, 0.15) is 5.82 Å². The molecule has 19 heavy (non-hydrogen) atoms. The van der Waals surface area contributed by atoms with Crippen LogP contribution < -0.4 is 5.56 Å². The lowest BCUT2D eigenvalue weighted by Gasteiger charge is -2.10. The molecule has 5 heteroatoms. The highest BCUT2D eigenvalue weighted by Gasteiger charge is 2.07. The molecule has 0 atom stereocenters. The molecule has 1 aromatic carbocycles. The third kappa shape index (κ3) is 2.88. The molecule has 1 N–H and O–H groups in total. The predicted octanol–water partition coefficient (Wildman–Crippen LogP) is 1.61. The Labute approximate surface area is 110 Å². The minimum atomic E-state index is -0.979. The van der Waals surface area contributed by atoms with Crippen LogP contribution in [0.4, 0.5) is 0 Å². The van der Waals surface area contributed by atoms with Crippen LogP contribution >= 0.6 is 0 Å². The molecule has 0 aliphatic carbocycles. The van der Waals surface area contributed by atoms with Gasteiger partial charge in [-0.1, -0.05) is 12.1 Å². The highest BCUT2D eigenvalue weighted by atomic mass is 16.4. The summed E-state index contributed by atoms with van der Waals surface area (Å²) >= 11 is 0. The SMILES string of the molecule is Cc1cc(=O)n(Cc2cccc(C(=O)O)c2)c(C)n1. The van der Waals surface area contributed by atoms with Crippen molar-refractivity contribution in [1.29, 1.82) is 0 Å². The average Bonchev–Trinajstić information content (AvgIpc) is 2.34. The minimum Gasteiger partial charge on any atom is -0.478 e. The van der Waals surface area contributed by atoms with Crippen molar-refractivity contribution in [2.24, 2.45) is 0 Å². The highest BCUT2D eigenvalue weighted by Crippen LogP contribution is 2.07. The van der Waals surface area contributed by atoms with Crippen molar-refractivity contribution in [2.45, 2.75) is 20.4 Å². The molecule has 0 saturated carbocycles. The largest absolute Gasteiger partial charge is 0.478 e. The second kappa shape index (κ2) is 5.06. The molecular weight excluding hydrogens is 244 g/mol. The summed E-state index contributed by atoms with van der Waals surface area (Å²) in [6.45, 7) is 3.85. The average molecular weight is 258 g/mol. The van der Waals surface area contributed by atoms with Crippen LogP contribution in [-0.2, 0) is 6.54 Å². The lowest BCUT2D eigenvalue weighted by molar-refractivity contribution is 0.0696. The Kier molecular flexibility index (Phi) is 3.46. The van der Waals surface area contributed by atoms with Gasteiger partial charge >= 0.3 is 5.97 Å². The number of rotatable bonds is 3. The number of carboxylic acid groups (broad SMARTS) is 1. The van der Waals surface area contributed by atoms with Crippen molar-refractivity contribution in [3.63, 3.8) is 0 Å². The Bertz CT molecular complexity index is 689. The van der Waals surface area contributed by atoms with Crippen molar-refractivity contribution >= 4 is 5.97 Å². The number of nitrogens with zero attached hydrogens (tertiary/aromatic N) is 2. The molecule has 0 aliphatic rings. The van der Waals surface area contributed by atoms with Gasteiger partial charge in [0, 0.05) is 11.8 Å². The second-order valence-electron chi connectivity index (χ2n) is 4.37. The Morgan fingerprint density at radius 1 is 1.32 bits per heavy atom. The van der Waals surface area contributed by atoms with E-state index in [0.29, 0.717) is 18.1 Å². The van der Waals surface area contributed by atoms with E-state index in [-0.39, 0.29) is 11.1 Å². The fourth-order valence-corrected chi connectivity index (χ4v) is 1.94. The zero-order valence-corrected chi connectivity index (χ0v) is 10.8. The van der Waals surface area contributed by atoms with Crippen LogP contribution in [0.1, 0.15) is 27.4 Å². The molecule has 98 valence electrons. The van der Waals surface area contributed by atoms with Crippen LogP contribution in [0, 0.1) is 13.8 Å². The fraction of sp³-hybridized carbons (Fsp3) is 0.214. The number of hydrogen-bond donors (Lipinski definition) is 1. The van der Waals surface area contributed by atoms with Gasteiger partial charge in [0.2, 0.25) is 0 Å². The van der Waals surface area contributed by atoms with Crippen LogP contribution in [0.3, 0.4) is 0 Å². The highest BCUT2D eigenvalue weighted by molar-refractivity contribution is 5.87. The Hall–Kier alpha value is -2.43. The fourth-order valence-electron chi connectivity index (χ4n) is 1.94. The number of carboxylic acids is 1. The molecule has 0 fully saturated rings. The number of hydrogen-bond acceptors (Lipinski definition) is 3. The van der Waals surface area contributed by atoms with Gasteiger partial charge < -0.3 is 5.11 Å². The molecule has 0 radical (unpaired) electrons. The van der Waals surface area contributed by atoms with Crippen molar-refractivity contribution in [2.75, 3.05) is 0 Å². The minimum absolute atomic E-state index is 0.134. The first kappa shape index (κ1) is 13.0. The van der Waals surface area contributed by atoms with Crippen molar-refractivity contribution in [1.82, 2.24) is 9.55 Å². The van der Waals surface area contributed by atoms with E-state index in [1.807, 2.05) is 0 Å². The smallest absolute Gasteiger partial charge is 0.335 e. The second-order valence-corrected chi connectivity index (χ2v) is 4.37. The van der Waals surface area contributed by atoms with Crippen LogP contribution in [-0.4, -0.2) is 20.6 Å². The maximum absolute atomic E-state index is 11.9. The van der Waals surface area contributed by atoms with Gasteiger partial charge in [-0.15, -0.1) is 0 Å². The molecule has 0 aliphatic heterocycles. The topological polar surface area (TPSA) is 72.2 Å². The summed E-state index contributed by atoms with van der Waals surface area (Å²) in [7, 11) is 0. The number of aromatic carboxylic acids is 1. The van der Waals surface area contributed by atoms with Crippen LogP contribution in [0.2, 0.25) is 0 Å². The van der Waals surface area contributed by atoms with Crippen LogP contribution in [0.5, 0.6) is 0 Å². The maximum atomic E-state index is 11.9. The monoisotopic (exact) mass is 258 g/mol. The Morgan fingerprint density at radius 3 is 2.68 bits per heavy atom. The first-order chi connectivity index (χ1) is 8.97. The first-order valence-corrected chi connectivity index (χ1v) is 5.84. The summed E-state index contributed by atoms with van der Waals surface area (Å²) in [5.41, 5.74) is 1.52. The summed E-state index contributed by atoms with van der Waals surface area (Å²) in [6.07, 6.45) is 0. The van der Waals surface area contributed by atoms with Gasteiger partial charge in [-0.2, -0.15) is 0 Å². The summed E-state index contributed by atoms with van der Waals surface area (Å²) in [5.74, 6) is -0.362. The zero-order chi connectivity index (χ0) is 14.0. The maximum Gasteiger partial charge on any atom is 0.335 e. The molecule has 1 aromatic heterocycles. The van der Waals surface area contributed by atoms with Crippen molar-refractivity contribution in [3.05, 3.63) is 63.3 Å². The number of carbonyl (C=O) groups is 1. The molecule has 2 rings (SSSR count). The van der Waals surface area contributed by atoms with E-state index in [9.17, 15) is 9.59 Å². The molecule has 1 heterocycles. The van der Waals surface area contributed by atoms with E-state index in [2.05, 4.69) is 4.98 Å². The normalized spacial score (nSPS) is 10.4. The van der Waals surface area contributed by atoms with Gasteiger partial charge in [0.15, 0.2) is 0 Å². The molecule has 0 spiro atoms. The van der Waals surface area contributed by atoms with E-state index < -0.39 is 5.97 Å². The molecular formula is C14H14N2O3. The van der Waals surface area contributed by atoms with E-state index >= 15 is 0 Å². The lowest BCUT2D eigenvalue weighted by atomic mass is 10.1. The summed E-state index contributed by atoms with van der Waals surface area (Å²) < 4.78 is 1.52. The Balaban J connectivity index is 2.39. The molecule has 5 nitrogen and oxygen atoms in total. The third-order valence-electron chi connectivity index (χ3n) is 2.84. The van der Waals surface area contributed by atoms with E-state index in [0.717, 1.165) is 5.56 Å². The van der Waals surface area contributed by atoms with E-state index in [1.54, 1.807) is 32.0 Å². The van der Waals surface area contributed by atoms with Crippen LogP contribution in [0.15, 0.2) is 35.1 Å². The van der Waals surface area contributed by atoms with Crippen molar-refractivity contribution < 1.29 is 9.90 Å². The standard InChI is InChI=1S/C14H14N2O3/c1-9-6-13(17)16(10(2)15-9)8-11-4-3-5-12(7-11)14(18)19/h3-7H,8H2,1-2H3,(H,18,19). The third-order valence-corrected chi connectivity index (χ3v) is 2.84. The lowest BCUT2D eigenvalue weighted by Crippen LogP contribution is -2.24. The summed E-state index contributed by atoms with van der Waals surface area (Å²) in [5, 5.41) is 8.94. The number of aryl methyl sites for hydroxylation is 2. The van der Waals surface area contributed by atoms with Gasteiger partial charge in [-0.05, 0) is 31.5 Å². The number of benzene rings is 1. The van der Waals surface area contributed by atoms with Gasteiger partial charge in [-0.25, -0.2) is 9.78 Å². The zero-order valence-electron chi connectivity index (χ0n) is 10.8. The van der Waals surface area contributed by atoms with Gasteiger partial charge in [0.05, 0.1) is 12.1 Å². The first-order valence-electron chi connectivity index (χ1n) is 5.84. The molecule has 0 unspecified atom stereocenters. The van der Waals surface area contributed by atoms with Crippen LogP contribution in [0.25, 0.3) is 0 Å². The Morgan fingerprint density at radius 2 is 2.05 bits per heavy atom. The van der Waals surface area contributed by atoms with Gasteiger partial charge in [-0.3, -0.25) is 9.36 Å². The number of aromatic nitrogens is 2. The predicted molar refractivity (Wildman–Crippen MR) is 70.5 cm³/mol. The van der Waals surface area contributed by atoms with Gasteiger partial charge in [0.25, 0.3) is 5.56 Å².